The van der Waals surface area contributed by atoms with Crippen LogP contribution in [0.25, 0.3) is 5.57 Å². The minimum atomic E-state index is -0.996. The van der Waals surface area contributed by atoms with Crippen LogP contribution in [-0.2, 0) is 14.3 Å². The maximum atomic E-state index is 12.0. The third-order valence-electron chi connectivity index (χ3n) is 3.16. The largest absolute Gasteiger partial charge is 0.481 e. The molecule has 1 aliphatic rings. The Labute approximate surface area is 148 Å². The van der Waals surface area contributed by atoms with E-state index in [4.69, 9.17) is 9.47 Å². The van der Waals surface area contributed by atoms with E-state index in [1.807, 2.05) is 0 Å². The van der Waals surface area contributed by atoms with E-state index in [2.05, 4.69) is 26.2 Å². The predicted octanol–water partition coefficient (Wildman–Crippen LogP) is 3.31. The van der Waals surface area contributed by atoms with E-state index in [9.17, 15) is 14.7 Å². The highest BCUT2D eigenvalue weighted by molar-refractivity contribution is 9.10. The third-order valence-corrected chi connectivity index (χ3v) is 3.60. The van der Waals surface area contributed by atoms with Gasteiger partial charge in [-0.15, -0.1) is 0 Å². The fourth-order valence-electron chi connectivity index (χ4n) is 2.23. The molecule has 2 N–H and O–H groups in total. The number of anilines is 1. The summed E-state index contributed by atoms with van der Waals surface area (Å²) in [4.78, 5) is 27.7. The molecule has 1 aromatic rings. The maximum Gasteiger partial charge on any atom is 0.413 e. The van der Waals surface area contributed by atoms with Gasteiger partial charge in [0.05, 0.1) is 13.2 Å². The number of carboxylic acids is 1. The van der Waals surface area contributed by atoms with Crippen molar-refractivity contribution in [1.82, 2.24) is 4.98 Å². The van der Waals surface area contributed by atoms with Gasteiger partial charge in [0.15, 0.2) is 0 Å². The molecule has 7 nitrogen and oxygen atoms in total. The van der Waals surface area contributed by atoms with Gasteiger partial charge in [-0.2, -0.15) is 0 Å². The third kappa shape index (κ3) is 4.78. The Balaban J connectivity index is 2.36. The van der Waals surface area contributed by atoms with E-state index in [1.165, 1.54) is 6.20 Å². The summed E-state index contributed by atoms with van der Waals surface area (Å²) in [5.74, 6) is -1.58. The minimum absolute atomic E-state index is 0.0690. The Morgan fingerprint density at radius 3 is 2.79 bits per heavy atom. The molecule has 0 saturated carbocycles. The Morgan fingerprint density at radius 1 is 1.46 bits per heavy atom. The number of carboxylic acid groups (broad SMARTS) is 1. The zero-order chi connectivity index (χ0) is 17.9. The molecule has 2 rings (SSSR count). The van der Waals surface area contributed by atoms with Crippen LogP contribution in [0.3, 0.4) is 0 Å². The molecule has 0 spiro atoms. The molecular formula is C16H19BrN2O5. The molecule has 1 aromatic heterocycles. The number of carbonyl (C=O) groups is 2. The number of amides is 1. The van der Waals surface area contributed by atoms with Crippen molar-refractivity contribution in [3.8, 4) is 0 Å². The first-order chi connectivity index (χ1) is 11.2. The van der Waals surface area contributed by atoms with Crippen molar-refractivity contribution in [3.63, 3.8) is 0 Å². The first kappa shape index (κ1) is 18.4. The lowest BCUT2D eigenvalue weighted by Gasteiger charge is -2.24. The minimum Gasteiger partial charge on any atom is -0.481 e. The van der Waals surface area contributed by atoms with Crippen LogP contribution < -0.4 is 5.32 Å². The van der Waals surface area contributed by atoms with Crippen LogP contribution in [-0.4, -0.2) is 41.0 Å². The fourth-order valence-corrected chi connectivity index (χ4v) is 2.56. The second-order valence-electron chi connectivity index (χ2n) is 6.26. The monoisotopic (exact) mass is 398 g/mol. The fraction of sp³-hybridized carbons (Fsp3) is 0.438. The van der Waals surface area contributed by atoms with Gasteiger partial charge in [0.1, 0.15) is 17.3 Å². The Hall–Kier alpha value is -1.93. The first-order valence-electron chi connectivity index (χ1n) is 7.34. The summed E-state index contributed by atoms with van der Waals surface area (Å²) in [7, 11) is 0. The summed E-state index contributed by atoms with van der Waals surface area (Å²) >= 11 is 3.32. The van der Waals surface area contributed by atoms with Gasteiger partial charge in [-0.1, -0.05) is 6.08 Å². The average molecular weight is 399 g/mol. The zero-order valence-corrected chi connectivity index (χ0v) is 15.2. The molecule has 0 aliphatic carbocycles. The normalized spacial score (nSPS) is 17.8. The standard InChI is InChI=1S/C16H19BrN2O5/c1-16(2,3)24-15(22)19-13-11(6-9(17)7-18-13)10-4-5-23-8-12(10)14(20)21/h4,6-7,12H,5,8H2,1-3H3,(H,20,21)(H,18,19,22)/t12-/m0/s1. The molecule has 130 valence electrons. The van der Waals surface area contributed by atoms with Gasteiger partial charge in [0.25, 0.3) is 0 Å². The highest BCUT2D eigenvalue weighted by Crippen LogP contribution is 2.33. The number of carbonyl (C=O) groups excluding carboxylic acids is 1. The molecule has 8 heteroatoms. The SMILES string of the molecule is CC(C)(C)OC(=O)Nc1ncc(Br)cc1C1=CCOC[C@@H]1C(=O)O. The predicted molar refractivity (Wildman–Crippen MR) is 91.7 cm³/mol. The summed E-state index contributed by atoms with van der Waals surface area (Å²) in [5, 5.41) is 12.0. The zero-order valence-electron chi connectivity index (χ0n) is 13.6. The lowest BCUT2D eigenvalue weighted by Crippen LogP contribution is -2.29. The van der Waals surface area contributed by atoms with Gasteiger partial charge < -0.3 is 14.6 Å². The van der Waals surface area contributed by atoms with Crippen molar-refractivity contribution in [2.45, 2.75) is 26.4 Å². The summed E-state index contributed by atoms with van der Waals surface area (Å²) in [5.41, 5.74) is 0.417. The van der Waals surface area contributed by atoms with E-state index >= 15 is 0 Å². The second-order valence-corrected chi connectivity index (χ2v) is 7.18. The van der Waals surface area contributed by atoms with E-state index in [1.54, 1.807) is 32.9 Å². The second kappa shape index (κ2) is 7.31. The Kier molecular flexibility index (Phi) is 5.61. The molecule has 0 fully saturated rings. The summed E-state index contributed by atoms with van der Waals surface area (Å²) in [6.07, 6.45) is 2.55. The molecule has 1 atom stereocenters. The van der Waals surface area contributed by atoms with Crippen molar-refractivity contribution in [1.29, 1.82) is 0 Å². The average Bonchev–Trinajstić information content (AvgIpc) is 2.47. The first-order valence-corrected chi connectivity index (χ1v) is 8.13. The van der Waals surface area contributed by atoms with Crippen LogP contribution in [0.5, 0.6) is 0 Å². The number of hydrogen-bond donors (Lipinski definition) is 2. The van der Waals surface area contributed by atoms with Crippen LogP contribution in [0, 0.1) is 5.92 Å². The highest BCUT2D eigenvalue weighted by atomic mass is 79.9. The van der Waals surface area contributed by atoms with Gasteiger partial charge in [-0.25, -0.2) is 9.78 Å². The van der Waals surface area contributed by atoms with E-state index in [0.29, 0.717) is 22.2 Å². The number of halogens is 1. The van der Waals surface area contributed by atoms with Crippen LogP contribution >= 0.6 is 15.9 Å². The maximum absolute atomic E-state index is 12.0. The number of nitrogens with zero attached hydrogens (tertiary/aromatic N) is 1. The van der Waals surface area contributed by atoms with E-state index in [0.717, 1.165) is 0 Å². The van der Waals surface area contributed by atoms with Gasteiger partial charge in [0, 0.05) is 16.2 Å². The van der Waals surface area contributed by atoms with Crippen LogP contribution in [0.1, 0.15) is 26.3 Å². The van der Waals surface area contributed by atoms with Crippen molar-refractivity contribution in [3.05, 3.63) is 28.4 Å². The molecule has 1 amide bonds. The van der Waals surface area contributed by atoms with Gasteiger partial charge in [-0.3, -0.25) is 10.1 Å². The molecular weight excluding hydrogens is 380 g/mol. The van der Waals surface area contributed by atoms with Gasteiger partial charge in [-0.05, 0) is 48.3 Å². The topological polar surface area (TPSA) is 97.8 Å². The highest BCUT2D eigenvalue weighted by Gasteiger charge is 2.29. The Morgan fingerprint density at radius 2 is 2.17 bits per heavy atom. The molecule has 0 bridgehead atoms. The quantitative estimate of drug-likeness (QED) is 0.810. The Bertz CT molecular complexity index is 682. The number of aromatic nitrogens is 1. The molecule has 0 radical (unpaired) electrons. The summed E-state index contributed by atoms with van der Waals surface area (Å²) in [6, 6.07) is 1.72. The van der Waals surface area contributed by atoms with Crippen molar-refractivity contribution in [2.24, 2.45) is 5.92 Å². The molecule has 2 heterocycles. The van der Waals surface area contributed by atoms with Crippen molar-refractivity contribution in [2.75, 3.05) is 18.5 Å². The van der Waals surface area contributed by atoms with Crippen LogP contribution in [0.15, 0.2) is 22.8 Å². The molecule has 1 aliphatic heterocycles. The van der Waals surface area contributed by atoms with Crippen LogP contribution in [0.2, 0.25) is 0 Å². The molecule has 0 saturated heterocycles. The van der Waals surface area contributed by atoms with Gasteiger partial charge in [0.2, 0.25) is 0 Å². The summed E-state index contributed by atoms with van der Waals surface area (Å²) in [6.45, 7) is 5.63. The lowest BCUT2D eigenvalue weighted by molar-refractivity contribution is -0.141. The number of rotatable bonds is 3. The van der Waals surface area contributed by atoms with Crippen LogP contribution in [0.4, 0.5) is 10.6 Å². The van der Waals surface area contributed by atoms with Crippen molar-refractivity contribution >= 4 is 39.4 Å². The molecule has 0 unspecified atom stereocenters. The molecule has 24 heavy (non-hydrogen) atoms. The number of pyridine rings is 1. The van der Waals surface area contributed by atoms with E-state index < -0.39 is 23.6 Å². The lowest BCUT2D eigenvalue weighted by atomic mass is 9.91. The van der Waals surface area contributed by atoms with Gasteiger partial charge >= 0.3 is 12.1 Å². The summed E-state index contributed by atoms with van der Waals surface area (Å²) < 4.78 is 11.1. The van der Waals surface area contributed by atoms with E-state index in [-0.39, 0.29) is 12.4 Å². The van der Waals surface area contributed by atoms with Crippen molar-refractivity contribution < 1.29 is 24.2 Å². The number of aliphatic carboxylic acids is 1. The number of hydrogen-bond acceptors (Lipinski definition) is 5. The molecule has 0 aromatic carbocycles. The smallest absolute Gasteiger partial charge is 0.413 e. The number of ether oxygens (including phenoxy) is 2. The number of nitrogens with one attached hydrogen (secondary N) is 1.